The summed E-state index contributed by atoms with van der Waals surface area (Å²) in [5, 5.41) is 3.29. The summed E-state index contributed by atoms with van der Waals surface area (Å²) in [7, 11) is 0. The average Bonchev–Trinajstić information content (AvgIpc) is 2.71. The predicted molar refractivity (Wildman–Crippen MR) is 109 cm³/mol. The molecule has 0 aliphatic carbocycles. The van der Waals surface area contributed by atoms with Gasteiger partial charge in [-0.15, -0.1) is 0 Å². The maximum Gasteiger partial charge on any atom is 0.272 e. The van der Waals surface area contributed by atoms with Crippen LogP contribution in [0.1, 0.15) is 29.9 Å². The standard InChI is InChI=1S/C22H24N4O/c1-4-26(5-2)22(27)19-15-20(23-18-13-11-16(3)12-14-18)25-21(24-19)17-9-7-6-8-10-17/h6-15H,4-5H2,1-3H3,(H,23,24,25). The molecule has 1 N–H and O–H groups in total. The van der Waals surface area contributed by atoms with Crippen molar-refractivity contribution in [2.45, 2.75) is 20.8 Å². The molecule has 3 aromatic rings. The van der Waals surface area contributed by atoms with Crippen LogP contribution in [0.3, 0.4) is 0 Å². The molecule has 0 fully saturated rings. The minimum absolute atomic E-state index is 0.0912. The monoisotopic (exact) mass is 360 g/mol. The van der Waals surface area contributed by atoms with Crippen molar-refractivity contribution in [3.05, 3.63) is 71.9 Å². The molecule has 5 nitrogen and oxygen atoms in total. The van der Waals surface area contributed by atoms with E-state index in [-0.39, 0.29) is 5.91 Å². The van der Waals surface area contributed by atoms with E-state index in [1.54, 1.807) is 11.0 Å². The van der Waals surface area contributed by atoms with Gasteiger partial charge < -0.3 is 10.2 Å². The Labute approximate surface area is 160 Å². The zero-order chi connectivity index (χ0) is 19.2. The second-order valence-electron chi connectivity index (χ2n) is 6.30. The zero-order valence-electron chi connectivity index (χ0n) is 15.9. The SMILES string of the molecule is CCN(CC)C(=O)c1cc(Nc2ccc(C)cc2)nc(-c2ccccc2)n1. The first-order valence-corrected chi connectivity index (χ1v) is 9.18. The maximum atomic E-state index is 12.8. The molecule has 27 heavy (non-hydrogen) atoms. The number of hydrogen-bond donors (Lipinski definition) is 1. The van der Waals surface area contributed by atoms with Crippen LogP contribution >= 0.6 is 0 Å². The van der Waals surface area contributed by atoms with Crippen LogP contribution in [0.2, 0.25) is 0 Å². The van der Waals surface area contributed by atoms with Gasteiger partial charge in [-0.2, -0.15) is 0 Å². The number of carbonyl (C=O) groups is 1. The molecule has 0 aliphatic rings. The van der Waals surface area contributed by atoms with Crippen LogP contribution in [-0.4, -0.2) is 33.9 Å². The Morgan fingerprint density at radius 2 is 1.63 bits per heavy atom. The topological polar surface area (TPSA) is 58.1 Å². The van der Waals surface area contributed by atoms with Crippen molar-refractivity contribution in [3.8, 4) is 11.4 Å². The molecule has 0 aliphatic heterocycles. The number of amides is 1. The lowest BCUT2D eigenvalue weighted by atomic mass is 10.2. The Balaban J connectivity index is 2.02. The highest BCUT2D eigenvalue weighted by Crippen LogP contribution is 2.21. The first-order chi connectivity index (χ1) is 13.1. The first-order valence-electron chi connectivity index (χ1n) is 9.18. The van der Waals surface area contributed by atoms with Gasteiger partial charge in [0.15, 0.2) is 5.82 Å². The number of rotatable bonds is 6. The summed E-state index contributed by atoms with van der Waals surface area (Å²) in [6.45, 7) is 7.25. The van der Waals surface area contributed by atoms with Crippen molar-refractivity contribution in [3.63, 3.8) is 0 Å². The van der Waals surface area contributed by atoms with Gasteiger partial charge in [-0.1, -0.05) is 48.0 Å². The Bertz CT molecular complexity index is 903. The molecule has 1 amide bonds. The van der Waals surface area contributed by atoms with Crippen molar-refractivity contribution in [1.82, 2.24) is 14.9 Å². The number of hydrogen-bond acceptors (Lipinski definition) is 4. The maximum absolute atomic E-state index is 12.8. The molecule has 0 atom stereocenters. The van der Waals surface area contributed by atoms with Gasteiger partial charge in [-0.05, 0) is 32.9 Å². The smallest absolute Gasteiger partial charge is 0.272 e. The fourth-order valence-electron chi connectivity index (χ4n) is 2.79. The van der Waals surface area contributed by atoms with Crippen LogP contribution in [-0.2, 0) is 0 Å². The summed E-state index contributed by atoms with van der Waals surface area (Å²) in [6, 6.07) is 19.5. The number of aromatic nitrogens is 2. The van der Waals surface area contributed by atoms with Crippen molar-refractivity contribution in [2.75, 3.05) is 18.4 Å². The van der Waals surface area contributed by atoms with Crippen LogP contribution in [0.15, 0.2) is 60.7 Å². The Morgan fingerprint density at radius 1 is 0.963 bits per heavy atom. The number of anilines is 2. The number of carbonyl (C=O) groups excluding carboxylic acids is 1. The van der Waals surface area contributed by atoms with E-state index < -0.39 is 0 Å². The number of nitrogens with one attached hydrogen (secondary N) is 1. The van der Waals surface area contributed by atoms with E-state index in [0.717, 1.165) is 11.3 Å². The lowest BCUT2D eigenvalue weighted by Gasteiger charge is -2.19. The van der Waals surface area contributed by atoms with Crippen LogP contribution in [0.5, 0.6) is 0 Å². The van der Waals surface area contributed by atoms with E-state index in [0.29, 0.717) is 30.4 Å². The quantitative estimate of drug-likeness (QED) is 0.693. The normalized spacial score (nSPS) is 10.5. The molecule has 0 saturated carbocycles. The number of benzene rings is 2. The largest absolute Gasteiger partial charge is 0.340 e. The second-order valence-corrected chi connectivity index (χ2v) is 6.30. The molecule has 0 bridgehead atoms. The molecule has 2 aromatic carbocycles. The lowest BCUT2D eigenvalue weighted by molar-refractivity contribution is 0.0767. The molecule has 0 radical (unpaired) electrons. The first kappa shape index (κ1) is 18.6. The van der Waals surface area contributed by atoms with Gasteiger partial charge in [0.25, 0.3) is 5.91 Å². The van der Waals surface area contributed by atoms with Gasteiger partial charge in [0.05, 0.1) is 0 Å². The Morgan fingerprint density at radius 3 is 2.26 bits per heavy atom. The fraction of sp³-hybridized carbons (Fsp3) is 0.227. The van der Waals surface area contributed by atoms with Crippen molar-refractivity contribution in [2.24, 2.45) is 0 Å². The van der Waals surface area contributed by atoms with Crippen molar-refractivity contribution in [1.29, 1.82) is 0 Å². The summed E-state index contributed by atoms with van der Waals surface area (Å²) < 4.78 is 0. The third kappa shape index (κ3) is 4.50. The molecular weight excluding hydrogens is 336 g/mol. The van der Waals surface area contributed by atoms with Crippen molar-refractivity contribution >= 4 is 17.4 Å². The molecule has 5 heteroatoms. The summed E-state index contributed by atoms with van der Waals surface area (Å²) in [4.78, 5) is 23.8. The van der Waals surface area contributed by atoms with Crippen LogP contribution < -0.4 is 5.32 Å². The van der Waals surface area contributed by atoms with E-state index >= 15 is 0 Å². The Hall–Kier alpha value is -3.21. The predicted octanol–water partition coefficient (Wildman–Crippen LogP) is 4.68. The highest BCUT2D eigenvalue weighted by atomic mass is 16.2. The van der Waals surface area contributed by atoms with E-state index in [1.165, 1.54) is 5.56 Å². The molecule has 0 spiro atoms. The van der Waals surface area contributed by atoms with Gasteiger partial charge in [-0.25, -0.2) is 9.97 Å². The summed E-state index contributed by atoms with van der Waals surface area (Å²) in [5.41, 5.74) is 3.37. The van der Waals surface area contributed by atoms with Gasteiger partial charge in [0.1, 0.15) is 11.5 Å². The van der Waals surface area contributed by atoms with E-state index in [4.69, 9.17) is 0 Å². The van der Waals surface area contributed by atoms with E-state index in [2.05, 4.69) is 15.3 Å². The van der Waals surface area contributed by atoms with E-state index in [9.17, 15) is 4.79 Å². The average molecular weight is 360 g/mol. The highest BCUT2D eigenvalue weighted by Gasteiger charge is 2.17. The van der Waals surface area contributed by atoms with Crippen LogP contribution in [0.4, 0.5) is 11.5 Å². The summed E-state index contributed by atoms with van der Waals surface area (Å²) in [6.07, 6.45) is 0. The molecular formula is C22H24N4O. The van der Waals surface area contributed by atoms with Gasteiger partial charge in [0.2, 0.25) is 0 Å². The third-order valence-electron chi connectivity index (χ3n) is 4.35. The van der Waals surface area contributed by atoms with Crippen molar-refractivity contribution < 1.29 is 4.79 Å². The minimum Gasteiger partial charge on any atom is -0.340 e. The number of aryl methyl sites for hydroxylation is 1. The van der Waals surface area contributed by atoms with E-state index in [1.807, 2.05) is 75.4 Å². The van der Waals surface area contributed by atoms with Gasteiger partial charge >= 0.3 is 0 Å². The number of nitrogens with zero attached hydrogens (tertiary/aromatic N) is 3. The molecule has 0 saturated heterocycles. The van der Waals surface area contributed by atoms with Crippen LogP contribution in [0.25, 0.3) is 11.4 Å². The van der Waals surface area contributed by atoms with Gasteiger partial charge in [-0.3, -0.25) is 4.79 Å². The second kappa shape index (κ2) is 8.45. The van der Waals surface area contributed by atoms with Crippen LogP contribution in [0, 0.1) is 6.92 Å². The summed E-state index contributed by atoms with van der Waals surface area (Å²) in [5.74, 6) is 1.04. The molecule has 0 unspecified atom stereocenters. The summed E-state index contributed by atoms with van der Waals surface area (Å²) >= 11 is 0. The molecule has 1 aromatic heterocycles. The third-order valence-corrected chi connectivity index (χ3v) is 4.35. The van der Waals surface area contributed by atoms with Gasteiger partial charge in [0, 0.05) is 30.4 Å². The highest BCUT2D eigenvalue weighted by molar-refractivity contribution is 5.93. The molecule has 1 heterocycles. The molecule has 138 valence electrons. The molecule has 3 rings (SSSR count). The zero-order valence-corrected chi connectivity index (χ0v) is 15.9. The Kier molecular flexibility index (Phi) is 5.81. The fourth-order valence-corrected chi connectivity index (χ4v) is 2.79. The lowest BCUT2D eigenvalue weighted by Crippen LogP contribution is -2.31. The minimum atomic E-state index is -0.0912.